The molecule has 0 saturated carbocycles. The Kier molecular flexibility index (Phi) is 1.85. The summed E-state index contributed by atoms with van der Waals surface area (Å²) >= 11 is 0. The molecule has 0 radical (unpaired) electrons. The van der Waals surface area contributed by atoms with Crippen LogP contribution in [0.15, 0.2) is 30.9 Å². The quantitative estimate of drug-likeness (QED) is 0.659. The molecular weight excluding hydrogens is 162 g/mol. The van der Waals surface area contributed by atoms with Gasteiger partial charge in [0.1, 0.15) is 12.7 Å². The Labute approximate surface area is 77.0 Å². The second kappa shape index (κ2) is 3.01. The lowest BCUT2D eigenvalue weighted by Crippen LogP contribution is -1.96. The number of hydrogen-bond donors (Lipinski definition) is 0. The normalized spacial score (nSPS) is 10.3. The standard InChI is InChI=1S/C10H11N3/c1-8-4-3-5-9(2)10(8)13-6-11-12-7-13/h3-7H,1-2H3. The first-order chi connectivity index (χ1) is 6.29. The molecule has 0 saturated heterocycles. The van der Waals surface area contributed by atoms with Gasteiger partial charge in [0.25, 0.3) is 0 Å². The topological polar surface area (TPSA) is 30.7 Å². The van der Waals surface area contributed by atoms with E-state index in [4.69, 9.17) is 0 Å². The third-order valence-electron chi connectivity index (χ3n) is 2.12. The average molecular weight is 173 g/mol. The van der Waals surface area contributed by atoms with Gasteiger partial charge in [0.05, 0.1) is 5.69 Å². The zero-order valence-electron chi connectivity index (χ0n) is 7.73. The van der Waals surface area contributed by atoms with Crippen LogP contribution >= 0.6 is 0 Å². The summed E-state index contributed by atoms with van der Waals surface area (Å²) in [5.41, 5.74) is 3.65. The molecule has 0 N–H and O–H groups in total. The average Bonchev–Trinajstić information content (AvgIpc) is 2.57. The monoisotopic (exact) mass is 173 g/mol. The number of hydrogen-bond acceptors (Lipinski definition) is 2. The summed E-state index contributed by atoms with van der Waals surface area (Å²) in [4.78, 5) is 0. The Morgan fingerprint density at radius 3 is 2.08 bits per heavy atom. The van der Waals surface area contributed by atoms with Crippen molar-refractivity contribution in [1.82, 2.24) is 14.8 Å². The van der Waals surface area contributed by atoms with Crippen molar-refractivity contribution in [3.63, 3.8) is 0 Å². The first-order valence-corrected chi connectivity index (χ1v) is 4.20. The third kappa shape index (κ3) is 1.33. The van der Waals surface area contributed by atoms with Crippen LogP contribution in [0.4, 0.5) is 0 Å². The van der Waals surface area contributed by atoms with Crippen LogP contribution in [0.2, 0.25) is 0 Å². The second-order valence-electron chi connectivity index (χ2n) is 3.11. The van der Waals surface area contributed by atoms with Gasteiger partial charge in [-0.25, -0.2) is 0 Å². The molecule has 1 aromatic heterocycles. The highest BCUT2D eigenvalue weighted by molar-refractivity contribution is 5.46. The van der Waals surface area contributed by atoms with Crippen LogP contribution in [0.25, 0.3) is 5.69 Å². The molecule has 0 bridgehead atoms. The molecule has 0 aliphatic heterocycles. The summed E-state index contributed by atoms with van der Waals surface area (Å²) in [5, 5.41) is 7.59. The summed E-state index contributed by atoms with van der Waals surface area (Å²) in [5.74, 6) is 0. The molecule has 0 aliphatic carbocycles. The van der Waals surface area contributed by atoms with Crippen molar-refractivity contribution in [2.24, 2.45) is 0 Å². The highest BCUT2D eigenvalue weighted by atomic mass is 15.2. The molecule has 0 fully saturated rings. The van der Waals surface area contributed by atoms with E-state index < -0.39 is 0 Å². The number of aromatic nitrogens is 3. The SMILES string of the molecule is Cc1cccc(C)c1-n1cnnc1. The lowest BCUT2D eigenvalue weighted by atomic mass is 10.1. The zero-order chi connectivity index (χ0) is 9.26. The van der Waals surface area contributed by atoms with E-state index in [0.29, 0.717) is 0 Å². The molecule has 2 aromatic rings. The van der Waals surface area contributed by atoms with E-state index in [1.54, 1.807) is 12.7 Å². The number of rotatable bonds is 1. The molecule has 1 heterocycles. The van der Waals surface area contributed by atoms with Crippen LogP contribution in [-0.2, 0) is 0 Å². The van der Waals surface area contributed by atoms with Crippen LogP contribution in [0.3, 0.4) is 0 Å². The molecule has 2 rings (SSSR count). The van der Waals surface area contributed by atoms with Crippen LogP contribution in [0, 0.1) is 13.8 Å². The van der Waals surface area contributed by atoms with Crippen LogP contribution in [0.1, 0.15) is 11.1 Å². The predicted molar refractivity (Wildman–Crippen MR) is 50.8 cm³/mol. The minimum absolute atomic E-state index is 1.17. The van der Waals surface area contributed by atoms with Gasteiger partial charge in [-0.1, -0.05) is 18.2 Å². The third-order valence-corrected chi connectivity index (χ3v) is 2.12. The first-order valence-electron chi connectivity index (χ1n) is 4.20. The molecule has 0 spiro atoms. The number of nitrogens with zero attached hydrogens (tertiary/aromatic N) is 3. The molecule has 0 atom stereocenters. The van der Waals surface area contributed by atoms with Gasteiger partial charge >= 0.3 is 0 Å². The van der Waals surface area contributed by atoms with Crippen LogP contribution in [-0.4, -0.2) is 14.8 Å². The number of benzene rings is 1. The minimum atomic E-state index is 1.17. The summed E-state index contributed by atoms with van der Waals surface area (Å²) < 4.78 is 1.94. The Morgan fingerprint density at radius 1 is 1.00 bits per heavy atom. The van der Waals surface area contributed by atoms with E-state index in [1.807, 2.05) is 4.57 Å². The fourth-order valence-corrected chi connectivity index (χ4v) is 1.53. The first kappa shape index (κ1) is 7.98. The van der Waals surface area contributed by atoms with Crippen molar-refractivity contribution in [2.45, 2.75) is 13.8 Å². The molecular formula is C10H11N3. The highest BCUT2D eigenvalue weighted by Crippen LogP contribution is 2.17. The summed E-state index contributed by atoms with van der Waals surface area (Å²) in [6.45, 7) is 4.17. The van der Waals surface area contributed by atoms with E-state index in [-0.39, 0.29) is 0 Å². The smallest absolute Gasteiger partial charge is 0.123 e. The number of aryl methyl sites for hydroxylation is 2. The fraction of sp³-hybridized carbons (Fsp3) is 0.200. The Hall–Kier alpha value is -1.64. The van der Waals surface area contributed by atoms with Crippen molar-refractivity contribution >= 4 is 0 Å². The second-order valence-corrected chi connectivity index (χ2v) is 3.11. The fourth-order valence-electron chi connectivity index (χ4n) is 1.53. The van der Waals surface area contributed by atoms with E-state index in [0.717, 1.165) is 0 Å². The molecule has 1 aromatic carbocycles. The maximum absolute atomic E-state index is 3.79. The Bertz CT molecular complexity index is 384. The van der Waals surface area contributed by atoms with Crippen LogP contribution in [0.5, 0.6) is 0 Å². The van der Waals surface area contributed by atoms with E-state index in [2.05, 4.69) is 42.2 Å². The van der Waals surface area contributed by atoms with Crippen molar-refractivity contribution in [3.8, 4) is 5.69 Å². The molecule has 3 nitrogen and oxygen atoms in total. The molecule has 0 unspecified atom stereocenters. The molecule has 0 amide bonds. The summed E-state index contributed by atoms with van der Waals surface area (Å²) in [7, 11) is 0. The molecule has 13 heavy (non-hydrogen) atoms. The summed E-state index contributed by atoms with van der Waals surface area (Å²) in [6.07, 6.45) is 3.44. The van der Waals surface area contributed by atoms with Crippen molar-refractivity contribution in [2.75, 3.05) is 0 Å². The largest absolute Gasteiger partial charge is 0.288 e. The maximum atomic E-state index is 3.79. The highest BCUT2D eigenvalue weighted by Gasteiger charge is 2.02. The van der Waals surface area contributed by atoms with Gasteiger partial charge in [-0.3, -0.25) is 4.57 Å². The van der Waals surface area contributed by atoms with Gasteiger partial charge in [0, 0.05) is 0 Å². The van der Waals surface area contributed by atoms with Gasteiger partial charge < -0.3 is 0 Å². The van der Waals surface area contributed by atoms with Gasteiger partial charge in [-0.15, -0.1) is 10.2 Å². The van der Waals surface area contributed by atoms with Crippen molar-refractivity contribution in [1.29, 1.82) is 0 Å². The van der Waals surface area contributed by atoms with Gasteiger partial charge in [0.2, 0.25) is 0 Å². The van der Waals surface area contributed by atoms with Gasteiger partial charge in [-0.05, 0) is 25.0 Å². The molecule has 0 aliphatic rings. The summed E-state index contributed by atoms with van der Waals surface area (Å²) in [6, 6.07) is 6.23. The van der Waals surface area contributed by atoms with Crippen molar-refractivity contribution in [3.05, 3.63) is 42.0 Å². The Balaban J connectivity index is 2.64. The van der Waals surface area contributed by atoms with Gasteiger partial charge in [-0.2, -0.15) is 0 Å². The maximum Gasteiger partial charge on any atom is 0.123 e. The van der Waals surface area contributed by atoms with E-state index >= 15 is 0 Å². The lowest BCUT2D eigenvalue weighted by Gasteiger charge is -2.08. The Morgan fingerprint density at radius 2 is 1.54 bits per heavy atom. The van der Waals surface area contributed by atoms with Crippen molar-refractivity contribution < 1.29 is 0 Å². The van der Waals surface area contributed by atoms with E-state index in [1.165, 1.54) is 16.8 Å². The van der Waals surface area contributed by atoms with Gasteiger partial charge in [0.15, 0.2) is 0 Å². The molecule has 3 heteroatoms. The molecule has 66 valence electrons. The van der Waals surface area contributed by atoms with Crippen LogP contribution < -0.4 is 0 Å². The zero-order valence-corrected chi connectivity index (χ0v) is 7.73. The number of para-hydroxylation sites is 1. The lowest BCUT2D eigenvalue weighted by molar-refractivity contribution is 1.02. The predicted octanol–water partition coefficient (Wildman–Crippen LogP) is 1.88. The minimum Gasteiger partial charge on any atom is -0.288 e. The van der Waals surface area contributed by atoms with E-state index in [9.17, 15) is 0 Å².